The van der Waals surface area contributed by atoms with Crippen molar-refractivity contribution in [2.75, 3.05) is 39.2 Å². The Bertz CT molecular complexity index is 1660. The van der Waals surface area contributed by atoms with Crippen molar-refractivity contribution in [1.82, 2.24) is 19.7 Å². The lowest BCUT2D eigenvalue weighted by atomic mass is 9.97. The normalized spacial score (nSPS) is 19.2. The van der Waals surface area contributed by atoms with Crippen LogP contribution in [0.25, 0.3) is 0 Å². The zero-order valence-corrected chi connectivity index (χ0v) is 28.8. The highest BCUT2D eigenvalue weighted by Crippen LogP contribution is 2.34. The molecule has 280 valence electrons. The molecule has 1 saturated heterocycles. The molecule has 1 aliphatic rings. The first kappa shape index (κ1) is 40.4. The highest BCUT2D eigenvalue weighted by atomic mass is 16.7. The second-order valence-electron chi connectivity index (χ2n) is 10.8. The number of hydrogen-bond donors (Lipinski definition) is 1. The number of amides is 2. The molecule has 1 aromatic heterocycles. The van der Waals surface area contributed by atoms with E-state index in [1.54, 1.807) is 0 Å². The predicted octanol–water partition coefficient (Wildman–Crippen LogP) is -0.0284. The molecule has 0 radical (unpaired) electrons. The minimum atomic E-state index is -1.76. The molecule has 20 heteroatoms. The van der Waals surface area contributed by atoms with Crippen molar-refractivity contribution in [2.24, 2.45) is 0 Å². The highest BCUT2D eigenvalue weighted by Gasteiger charge is 2.56. The summed E-state index contributed by atoms with van der Waals surface area (Å²) in [6, 6.07) is 4.13. The lowest BCUT2D eigenvalue weighted by Crippen LogP contribution is -2.64. The Morgan fingerprint density at radius 1 is 1.00 bits per heavy atom. The molecule has 1 aliphatic heterocycles. The summed E-state index contributed by atoms with van der Waals surface area (Å²) in [5.41, 5.74) is 0.260. The lowest BCUT2D eigenvalue weighted by molar-refractivity contribution is -0.282. The van der Waals surface area contributed by atoms with Crippen LogP contribution < -0.4 is 10.1 Å². The SMILES string of the molecule is C#CCOCCC(=O)N(C)CC(=O)Nc1cc(COC(=O)n2cncn2)ccc1O[C@@H]1OC(C(=O)OC)[C@@H](OC(C)=O)[C@H](OC(C)=O)C1OC(C)=O. The third-order valence-electron chi connectivity index (χ3n) is 6.82. The van der Waals surface area contributed by atoms with Crippen molar-refractivity contribution in [1.29, 1.82) is 0 Å². The maximum Gasteiger partial charge on any atom is 0.436 e. The maximum atomic E-state index is 13.2. The third kappa shape index (κ3) is 11.8. The van der Waals surface area contributed by atoms with E-state index in [4.69, 9.17) is 44.3 Å². The van der Waals surface area contributed by atoms with Gasteiger partial charge in [0.25, 0.3) is 0 Å². The Hall–Kier alpha value is -6.07. The molecular formula is C32H37N5O15. The molecule has 1 aromatic carbocycles. The number of benzene rings is 1. The van der Waals surface area contributed by atoms with Gasteiger partial charge in [0.15, 0.2) is 18.3 Å². The van der Waals surface area contributed by atoms with E-state index in [1.165, 1.54) is 25.2 Å². The molecule has 0 bridgehead atoms. The molecule has 2 aromatic rings. The molecule has 20 nitrogen and oxygen atoms in total. The van der Waals surface area contributed by atoms with Gasteiger partial charge in [-0.15, -0.1) is 11.5 Å². The number of ether oxygens (including phenoxy) is 8. The van der Waals surface area contributed by atoms with Crippen molar-refractivity contribution in [3.05, 3.63) is 36.4 Å². The molecule has 0 spiro atoms. The number of nitrogens with zero attached hydrogens (tertiary/aromatic N) is 4. The molecule has 2 heterocycles. The second kappa shape index (κ2) is 19.4. The van der Waals surface area contributed by atoms with Gasteiger partial charge in [0.1, 0.15) is 31.6 Å². The van der Waals surface area contributed by atoms with Crippen LogP contribution in [-0.4, -0.2) is 126 Å². The minimum Gasteiger partial charge on any atom is -0.467 e. The van der Waals surface area contributed by atoms with E-state index < -0.39 is 79.0 Å². The van der Waals surface area contributed by atoms with Gasteiger partial charge < -0.3 is 48.1 Å². The van der Waals surface area contributed by atoms with Gasteiger partial charge in [-0.3, -0.25) is 24.0 Å². The van der Waals surface area contributed by atoms with Gasteiger partial charge in [-0.25, -0.2) is 14.6 Å². The fourth-order valence-corrected chi connectivity index (χ4v) is 4.66. The molecule has 2 unspecified atom stereocenters. The predicted molar refractivity (Wildman–Crippen MR) is 171 cm³/mol. The van der Waals surface area contributed by atoms with Gasteiger partial charge in [0.05, 0.1) is 32.4 Å². The maximum absolute atomic E-state index is 13.2. The topological polar surface area (TPSA) is 239 Å². The number of aromatic nitrogens is 3. The monoisotopic (exact) mass is 731 g/mol. The molecule has 0 saturated carbocycles. The second-order valence-corrected chi connectivity index (χ2v) is 10.8. The quantitative estimate of drug-likeness (QED) is 0.109. The number of anilines is 1. The zero-order valence-electron chi connectivity index (χ0n) is 28.8. The van der Waals surface area contributed by atoms with Gasteiger partial charge in [-0.2, -0.15) is 4.68 Å². The summed E-state index contributed by atoms with van der Waals surface area (Å²) in [6.45, 7) is 2.39. The summed E-state index contributed by atoms with van der Waals surface area (Å²) in [5.74, 6) is -2.76. The number of likely N-dealkylation sites (N-methyl/N-ethyl adjacent to an activating group) is 1. The van der Waals surface area contributed by atoms with Crippen LogP contribution in [0.4, 0.5) is 10.5 Å². The molecule has 5 atom stereocenters. The molecule has 1 N–H and O–H groups in total. The Balaban J connectivity index is 1.98. The van der Waals surface area contributed by atoms with E-state index in [0.29, 0.717) is 5.56 Å². The fraction of sp³-hybridized carbons (Fsp3) is 0.469. The number of nitrogens with one attached hydrogen (secondary N) is 1. The average Bonchev–Trinajstić information content (AvgIpc) is 3.63. The van der Waals surface area contributed by atoms with Crippen LogP contribution in [0.1, 0.15) is 32.8 Å². The summed E-state index contributed by atoms with van der Waals surface area (Å²) in [4.78, 5) is 92.1. The van der Waals surface area contributed by atoms with Crippen molar-refractivity contribution in [3.8, 4) is 18.1 Å². The van der Waals surface area contributed by atoms with Crippen LogP contribution in [-0.2, 0) is 68.5 Å². The number of hydrogen-bond acceptors (Lipinski definition) is 17. The Labute approximate surface area is 296 Å². The summed E-state index contributed by atoms with van der Waals surface area (Å²) in [7, 11) is 2.42. The van der Waals surface area contributed by atoms with Crippen molar-refractivity contribution in [3.63, 3.8) is 0 Å². The van der Waals surface area contributed by atoms with Crippen molar-refractivity contribution < 1.29 is 71.5 Å². The van der Waals surface area contributed by atoms with E-state index in [-0.39, 0.29) is 37.7 Å². The van der Waals surface area contributed by atoms with E-state index in [2.05, 4.69) is 21.3 Å². The van der Waals surface area contributed by atoms with Crippen LogP contribution in [0.3, 0.4) is 0 Å². The highest BCUT2D eigenvalue weighted by molar-refractivity contribution is 5.95. The van der Waals surface area contributed by atoms with Gasteiger partial charge in [-0.1, -0.05) is 12.0 Å². The van der Waals surface area contributed by atoms with Gasteiger partial charge in [0, 0.05) is 27.8 Å². The van der Waals surface area contributed by atoms with Gasteiger partial charge >= 0.3 is 30.0 Å². The van der Waals surface area contributed by atoms with Crippen LogP contribution >= 0.6 is 0 Å². The van der Waals surface area contributed by atoms with E-state index >= 15 is 0 Å². The standard InChI is InChI=1S/C32H37N5O15/c1-7-11-46-12-10-25(42)36(5)14-24(41)35-22-13-21(15-47-32(44)37-17-33-16-34-37)8-9-23(22)51-31-29(50-20(4)40)27(49-19(3)39)26(48-18(2)38)28(52-31)30(43)45-6/h1,8-9,13,16-17,26-29,31H,10-12,14-15H2,2-6H3,(H,35,41)/t26-,27-,28?,29?,31+/m0/s1. The molecule has 0 aliphatic carbocycles. The largest absolute Gasteiger partial charge is 0.467 e. The number of carbonyl (C=O) groups is 7. The number of esters is 4. The van der Waals surface area contributed by atoms with E-state index in [0.717, 1.165) is 50.1 Å². The van der Waals surface area contributed by atoms with Gasteiger partial charge in [-0.05, 0) is 17.7 Å². The number of carbonyl (C=O) groups excluding carboxylic acids is 7. The Morgan fingerprint density at radius 3 is 2.29 bits per heavy atom. The zero-order chi connectivity index (χ0) is 38.4. The minimum absolute atomic E-state index is 0.0141. The van der Waals surface area contributed by atoms with Crippen LogP contribution in [0.5, 0.6) is 5.75 Å². The molecule has 3 rings (SSSR count). The third-order valence-corrected chi connectivity index (χ3v) is 6.82. The summed E-state index contributed by atoms with van der Waals surface area (Å²) in [5, 5.41) is 6.30. The lowest BCUT2D eigenvalue weighted by Gasteiger charge is -2.43. The summed E-state index contributed by atoms with van der Waals surface area (Å²) in [6.07, 6.45) is -1.98. The van der Waals surface area contributed by atoms with E-state index in [1.807, 2.05) is 0 Å². The molecule has 2 amide bonds. The molecular weight excluding hydrogens is 694 g/mol. The molecule has 52 heavy (non-hydrogen) atoms. The van der Waals surface area contributed by atoms with Crippen LogP contribution in [0.2, 0.25) is 0 Å². The Kier molecular flexibility index (Phi) is 15.0. The van der Waals surface area contributed by atoms with Crippen molar-refractivity contribution in [2.45, 2.75) is 64.5 Å². The fourth-order valence-electron chi connectivity index (χ4n) is 4.66. The van der Waals surface area contributed by atoms with Crippen molar-refractivity contribution >= 4 is 47.5 Å². The summed E-state index contributed by atoms with van der Waals surface area (Å²) >= 11 is 0. The number of terminal acetylenes is 1. The first-order valence-corrected chi connectivity index (χ1v) is 15.3. The molecule has 1 fully saturated rings. The number of rotatable bonds is 15. The first-order valence-electron chi connectivity index (χ1n) is 15.3. The average molecular weight is 732 g/mol. The van der Waals surface area contributed by atoms with Crippen LogP contribution in [0, 0.1) is 12.3 Å². The van der Waals surface area contributed by atoms with Crippen LogP contribution in [0.15, 0.2) is 30.9 Å². The van der Waals surface area contributed by atoms with Gasteiger partial charge in [0.2, 0.25) is 24.2 Å². The first-order chi connectivity index (χ1) is 24.7. The number of methoxy groups -OCH3 is 1. The summed E-state index contributed by atoms with van der Waals surface area (Å²) < 4.78 is 43.9. The Morgan fingerprint density at radius 2 is 1.67 bits per heavy atom. The van der Waals surface area contributed by atoms with E-state index in [9.17, 15) is 33.6 Å². The smallest absolute Gasteiger partial charge is 0.436 e.